The number of rotatable bonds is 37. The smallest absolute Gasteiger partial charge is 0.0974 e. The Hall–Kier alpha value is -0.160. The molecule has 2 N–H and O–H groups in total. The fourth-order valence-corrected chi connectivity index (χ4v) is 8.04. The molecule has 0 spiro atoms. The van der Waals surface area contributed by atoms with Gasteiger partial charge in [-0.05, 0) is 38.5 Å². The highest BCUT2D eigenvalue weighted by Gasteiger charge is 2.51. The van der Waals surface area contributed by atoms with Crippen LogP contribution in [0.2, 0.25) is 0 Å². The summed E-state index contributed by atoms with van der Waals surface area (Å²) in [5.41, 5.74) is 8.54. The summed E-state index contributed by atoms with van der Waals surface area (Å²) >= 11 is 0. The molecule has 2 atom stereocenters. The summed E-state index contributed by atoms with van der Waals surface area (Å²) in [4.78, 5) is 0. The van der Waals surface area contributed by atoms with E-state index < -0.39 is 0 Å². The maximum absolute atomic E-state index is 3.93. The Morgan fingerprint density at radius 1 is 0.283 bits per heavy atom. The molecule has 0 aliphatic carbocycles. The van der Waals surface area contributed by atoms with Crippen molar-refractivity contribution in [3.8, 4) is 0 Å². The van der Waals surface area contributed by atoms with Crippen LogP contribution in [-0.2, 0) is 0 Å². The molecular formula is C42H86N4. The van der Waals surface area contributed by atoms with Gasteiger partial charge in [0.15, 0.2) is 0 Å². The molecule has 2 saturated heterocycles. The summed E-state index contributed by atoms with van der Waals surface area (Å²) in [6.07, 6.45) is 47.9. The van der Waals surface area contributed by atoms with Gasteiger partial charge in [0.25, 0.3) is 0 Å². The molecule has 0 aromatic heterocycles. The van der Waals surface area contributed by atoms with Gasteiger partial charge in [-0.25, -0.2) is 20.9 Å². The highest BCUT2D eigenvalue weighted by atomic mass is 15.8. The lowest BCUT2D eigenvalue weighted by Crippen LogP contribution is -2.22. The first kappa shape index (κ1) is 42.0. The van der Waals surface area contributed by atoms with E-state index in [9.17, 15) is 0 Å². The lowest BCUT2D eigenvalue weighted by Gasteiger charge is -2.17. The first-order valence-electron chi connectivity index (χ1n) is 21.8. The van der Waals surface area contributed by atoms with E-state index >= 15 is 0 Å². The maximum Gasteiger partial charge on any atom is 0.0974 e. The highest BCUT2D eigenvalue weighted by Crippen LogP contribution is 2.38. The molecule has 0 aromatic rings. The van der Waals surface area contributed by atoms with E-state index in [1.54, 1.807) is 0 Å². The zero-order chi connectivity index (χ0) is 33.0. The fourth-order valence-electron chi connectivity index (χ4n) is 8.04. The van der Waals surface area contributed by atoms with Crippen LogP contribution in [0.4, 0.5) is 0 Å². The van der Waals surface area contributed by atoms with Gasteiger partial charge < -0.3 is 0 Å². The first-order valence-corrected chi connectivity index (χ1v) is 21.8. The molecule has 2 aliphatic heterocycles. The zero-order valence-electron chi connectivity index (χ0n) is 32.4. The molecule has 0 aromatic carbocycles. The van der Waals surface area contributed by atoms with Crippen LogP contribution in [0.25, 0.3) is 0 Å². The molecule has 2 aliphatic rings. The van der Waals surface area contributed by atoms with Crippen molar-refractivity contribution >= 4 is 0 Å². The minimum absolute atomic E-state index is 0.336. The van der Waals surface area contributed by atoms with Crippen LogP contribution in [0, 0.1) is 0 Å². The van der Waals surface area contributed by atoms with Crippen LogP contribution in [0.1, 0.15) is 246 Å². The summed E-state index contributed by atoms with van der Waals surface area (Å²) in [5, 5.41) is 5.34. The Bertz CT molecular complexity index is 574. The molecule has 0 bridgehead atoms. The molecule has 2 heterocycles. The van der Waals surface area contributed by atoms with E-state index in [1.807, 2.05) is 0 Å². The molecule has 2 rings (SSSR count). The van der Waals surface area contributed by atoms with E-state index in [0.29, 0.717) is 11.3 Å². The lowest BCUT2D eigenvalue weighted by atomic mass is 9.97. The fraction of sp³-hybridized carbons (Fsp3) is 1.00. The Morgan fingerprint density at radius 2 is 0.500 bits per heavy atom. The second kappa shape index (κ2) is 27.6. The third-order valence-electron chi connectivity index (χ3n) is 11.4. The van der Waals surface area contributed by atoms with E-state index in [2.05, 4.69) is 48.6 Å². The van der Waals surface area contributed by atoms with Gasteiger partial charge in [-0.2, -0.15) is 0 Å². The average Bonchev–Trinajstić information content (AvgIpc) is 3.96. The van der Waals surface area contributed by atoms with Crippen molar-refractivity contribution in [1.82, 2.24) is 20.9 Å². The van der Waals surface area contributed by atoms with Crippen molar-refractivity contribution in [3.63, 3.8) is 0 Å². The predicted molar refractivity (Wildman–Crippen MR) is 205 cm³/mol. The number of unbranched alkanes of at least 4 members (excludes halogenated alkanes) is 25. The standard InChI is InChI=1S/C42H86N4/c1-5-9-13-17-21-25-29-35-41(36-30-26-22-18-14-10-6-2)43-45(41)39-33-34-40-46-42(44-46,37-31-27-23-19-15-11-7-3)38-32-28-24-20-16-12-8-4/h43-44H,5-40H2,1-4H3. The van der Waals surface area contributed by atoms with Gasteiger partial charge in [-0.1, -0.05) is 207 Å². The topological polar surface area (TPSA) is 49.9 Å². The third kappa shape index (κ3) is 19.1. The van der Waals surface area contributed by atoms with Gasteiger partial charge in [0.05, 0.1) is 11.3 Å². The molecule has 2 unspecified atom stereocenters. The lowest BCUT2D eigenvalue weighted by molar-refractivity contribution is 0.313. The Labute approximate surface area is 290 Å². The van der Waals surface area contributed by atoms with Crippen LogP contribution >= 0.6 is 0 Å². The zero-order valence-corrected chi connectivity index (χ0v) is 32.4. The number of hydrogen-bond donors (Lipinski definition) is 2. The van der Waals surface area contributed by atoms with E-state index in [1.165, 1.54) is 231 Å². The van der Waals surface area contributed by atoms with Gasteiger partial charge in [-0.3, -0.25) is 0 Å². The van der Waals surface area contributed by atoms with Crippen molar-refractivity contribution in [1.29, 1.82) is 0 Å². The summed E-state index contributed by atoms with van der Waals surface area (Å²) in [6.45, 7) is 11.8. The first-order chi connectivity index (χ1) is 22.7. The van der Waals surface area contributed by atoms with Gasteiger partial charge in [-0.15, -0.1) is 0 Å². The number of hydrogen-bond acceptors (Lipinski definition) is 4. The molecule has 4 nitrogen and oxygen atoms in total. The highest BCUT2D eigenvalue weighted by molar-refractivity contribution is 4.99. The quantitative estimate of drug-likeness (QED) is 0.0521. The Kier molecular flexibility index (Phi) is 25.2. The molecule has 46 heavy (non-hydrogen) atoms. The number of nitrogens with zero attached hydrogens (tertiary/aromatic N) is 2. The molecule has 274 valence electrons. The van der Waals surface area contributed by atoms with Crippen molar-refractivity contribution in [2.45, 2.75) is 257 Å². The molecule has 0 saturated carbocycles. The van der Waals surface area contributed by atoms with E-state index in [-0.39, 0.29) is 0 Å². The number of nitrogens with one attached hydrogen (secondary N) is 2. The molecular weight excluding hydrogens is 560 g/mol. The summed E-state index contributed by atoms with van der Waals surface area (Å²) in [7, 11) is 0. The van der Waals surface area contributed by atoms with E-state index in [4.69, 9.17) is 0 Å². The summed E-state index contributed by atoms with van der Waals surface area (Å²) in [6, 6.07) is 0. The molecule has 4 heteroatoms. The van der Waals surface area contributed by atoms with Crippen molar-refractivity contribution < 1.29 is 0 Å². The third-order valence-corrected chi connectivity index (χ3v) is 11.4. The second-order valence-electron chi connectivity index (χ2n) is 15.8. The minimum atomic E-state index is 0.336. The van der Waals surface area contributed by atoms with Crippen molar-refractivity contribution in [3.05, 3.63) is 0 Å². The average molecular weight is 647 g/mol. The second-order valence-corrected chi connectivity index (χ2v) is 15.8. The van der Waals surface area contributed by atoms with Crippen LogP contribution in [-0.4, -0.2) is 34.4 Å². The van der Waals surface area contributed by atoms with Gasteiger partial charge in [0.2, 0.25) is 0 Å². The van der Waals surface area contributed by atoms with Crippen LogP contribution in [0.3, 0.4) is 0 Å². The van der Waals surface area contributed by atoms with E-state index in [0.717, 1.165) is 0 Å². The minimum Gasteiger partial charge on any atom is -0.232 e. The maximum atomic E-state index is 3.93. The SMILES string of the molecule is CCCCCCCCCC1(CCCCCCCCC)NN1CCCCN1NC1(CCCCCCCCC)CCCCCCCCC. The van der Waals surface area contributed by atoms with Crippen LogP contribution < -0.4 is 10.9 Å². The van der Waals surface area contributed by atoms with Gasteiger partial charge in [0, 0.05) is 13.1 Å². The Balaban J connectivity index is 1.70. The van der Waals surface area contributed by atoms with Gasteiger partial charge in [0.1, 0.15) is 0 Å². The number of hydrazine groups is 2. The summed E-state index contributed by atoms with van der Waals surface area (Å²) < 4.78 is 0. The largest absolute Gasteiger partial charge is 0.232 e. The predicted octanol–water partition coefficient (Wildman–Crippen LogP) is 13.4. The molecule has 0 radical (unpaired) electrons. The normalized spacial score (nSPS) is 19.6. The van der Waals surface area contributed by atoms with Crippen LogP contribution in [0.5, 0.6) is 0 Å². The Morgan fingerprint density at radius 3 is 0.739 bits per heavy atom. The molecule has 2 fully saturated rings. The monoisotopic (exact) mass is 647 g/mol. The van der Waals surface area contributed by atoms with Gasteiger partial charge >= 0.3 is 0 Å². The van der Waals surface area contributed by atoms with Crippen molar-refractivity contribution in [2.24, 2.45) is 0 Å². The van der Waals surface area contributed by atoms with Crippen LogP contribution in [0.15, 0.2) is 0 Å². The molecule has 0 amide bonds. The van der Waals surface area contributed by atoms with Crippen molar-refractivity contribution in [2.75, 3.05) is 13.1 Å². The summed E-state index contributed by atoms with van der Waals surface area (Å²) in [5.74, 6) is 0.